The topological polar surface area (TPSA) is 109 Å². The van der Waals surface area contributed by atoms with E-state index in [0.29, 0.717) is 30.4 Å². The van der Waals surface area contributed by atoms with Crippen LogP contribution in [0.2, 0.25) is 0 Å². The Morgan fingerprint density at radius 2 is 2.24 bits per heavy atom. The van der Waals surface area contributed by atoms with Crippen molar-refractivity contribution >= 4 is 21.8 Å². The van der Waals surface area contributed by atoms with Gasteiger partial charge in [-0.15, -0.1) is 5.10 Å². The summed E-state index contributed by atoms with van der Waals surface area (Å²) >= 11 is 3.29. The van der Waals surface area contributed by atoms with Crippen LogP contribution in [0.3, 0.4) is 0 Å². The lowest BCUT2D eigenvalue weighted by molar-refractivity contribution is 0.0949. The fraction of sp³-hybridized carbons (Fsp3) is 0.250. The zero-order valence-electron chi connectivity index (χ0n) is 13.3. The largest absolute Gasteiger partial charge is 0.507 e. The van der Waals surface area contributed by atoms with Gasteiger partial charge in [-0.05, 0) is 40.0 Å². The molecule has 0 bridgehead atoms. The lowest BCUT2D eigenvalue weighted by Gasteiger charge is -2.03. The highest BCUT2D eigenvalue weighted by molar-refractivity contribution is 9.10. The Kier molecular flexibility index (Phi) is 5.44. The molecule has 130 valence electrons. The van der Waals surface area contributed by atoms with Gasteiger partial charge >= 0.3 is 0 Å². The molecule has 8 nitrogen and oxygen atoms in total. The molecule has 3 aromatic rings. The maximum Gasteiger partial charge on any atom is 0.273 e. The van der Waals surface area contributed by atoms with E-state index >= 15 is 0 Å². The van der Waals surface area contributed by atoms with Gasteiger partial charge in [0.05, 0.1) is 17.0 Å². The van der Waals surface area contributed by atoms with Crippen molar-refractivity contribution in [3.63, 3.8) is 0 Å². The third kappa shape index (κ3) is 4.66. The van der Waals surface area contributed by atoms with E-state index in [1.54, 1.807) is 29.5 Å². The molecular weight excluding hydrogens is 388 g/mol. The molecule has 3 N–H and O–H groups in total. The maximum absolute atomic E-state index is 12.1. The van der Waals surface area contributed by atoms with Gasteiger partial charge in [0.2, 0.25) is 0 Å². The Morgan fingerprint density at radius 3 is 3.00 bits per heavy atom. The molecule has 0 spiro atoms. The second-order valence-corrected chi connectivity index (χ2v) is 6.34. The van der Waals surface area contributed by atoms with Crippen LogP contribution in [0.5, 0.6) is 5.75 Å². The van der Waals surface area contributed by atoms with E-state index in [1.165, 1.54) is 0 Å². The number of imidazole rings is 1. The van der Waals surface area contributed by atoms with Gasteiger partial charge in [0, 0.05) is 31.4 Å². The lowest BCUT2D eigenvalue weighted by atomic mass is 10.1. The normalized spacial score (nSPS) is 10.8. The van der Waals surface area contributed by atoms with Crippen molar-refractivity contribution in [1.29, 1.82) is 0 Å². The number of H-pyrrole nitrogens is 1. The summed E-state index contributed by atoms with van der Waals surface area (Å²) in [5.41, 5.74) is 2.30. The van der Waals surface area contributed by atoms with Gasteiger partial charge in [0.25, 0.3) is 5.91 Å². The van der Waals surface area contributed by atoms with Crippen LogP contribution >= 0.6 is 15.9 Å². The molecule has 2 aromatic heterocycles. The van der Waals surface area contributed by atoms with Crippen LogP contribution in [-0.2, 0) is 19.4 Å². The summed E-state index contributed by atoms with van der Waals surface area (Å²) in [7, 11) is 0. The first kappa shape index (κ1) is 17.2. The molecule has 0 unspecified atom stereocenters. The molecule has 0 fully saturated rings. The molecule has 1 aromatic carbocycles. The molecule has 0 aliphatic rings. The summed E-state index contributed by atoms with van der Waals surface area (Å²) in [6.07, 6.45) is 6.35. The number of phenolic OH excluding ortho intramolecular Hbond substituents is 1. The number of rotatable bonds is 7. The summed E-state index contributed by atoms with van der Waals surface area (Å²) in [5.74, 6) is -0.0447. The summed E-state index contributed by atoms with van der Waals surface area (Å²) in [6.45, 7) is 1.08. The number of aromatic hydroxyl groups is 1. The number of aromatic amines is 1. The first-order valence-electron chi connectivity index (χ1n) is 7.75. The van der Waals surface area contributed by atoms with E-state index in [9.17, 15) is 9.90 Å². The molecule has 1 amide bonds. The number of nitrogens with one attached hydrogen (secondary N) is 2. The van der Waals surface area contributed by atoms with Crippen LogP contribution in [0.15, 0.2) is 41.4 Å². The first-order chi connectivity index (χ1) is 12.1. The molecule has 25 heavy (non-hydrogen) atoms. The Hall–Kier alpha value is -2.68. The number of amides is 1. The van der Waals surface area contributed by atoms with Crippen LogP contribution in [0.1, 0.15) is 21.7 Å². The average Bonchev–Trinajstić information content (AvgIpc) is 3.27. The van der Waals surface area contributed by atoms with E-state index in [2.05, 4.69) is 41.5 Å². The third-order valence-electron chi connectivity index (χ3n) is 3.65. The fourth-order valence-corrected chi connectivity index (χ4v) is 2.71. The fourth-order valence-electron chi connectivity index (χ4n) is 2.28. The Bertz CT molecular complexity index is 846. The van der Waals surface area contributed by atoms with Crippen molar-refractivity contribution in [2.75, 3.05) is 6.54 Å². The molecule has 0 aliphatic heterocycles. The highest BCUT2D eigenvalue weighted by Crippen LogP contribution is 2.24. The number of carbonyl (C=O) groups is 1. The standard InChI is InChI=1S/C16H17BrN6O2/c17-13-7-11(1-2-15(13)24)4-6-23-9-14(21-22-23)16(25)19-5-3-12-8-18-10-20-12/h1-2,7-10,24H,3-6H2,(H,18,20)(H,19,25). The second kappa shape index (κ2) is 7.93. The van der Waals surface area contributed by atoms with Crippen molar-refractivity contribution in [3.05, 3.63) is 58.3 Å². The van der Waals surface area contributed by atoms with E-state index in [4.69, 9.17) is 0 Å². The molecule has 0 saturated carbocycles. The van der Waals surface area contributed by atoms with Crippen LogP contribution in [0.25, 0.3) is 0 Å². The molecular formula is C16H17BrN6O2. The minimum Gasteiger partial charge on any atom is -0.507 e. The molecule has 0 atom stereocenters. The predicted molar refractivity (Wildman–Crippen MR) is 94.2 cm³/mol. The third-order valence-corrected chi connectivity index (χ3v) is 4.28. The van der Waals surface area contributed by atoms with Crippen LogP contribution < -0.4 is 5.32 Å². The van der Waals surface area contributed by atoms with Crippen molar-refractivity contribution < 1.29 is 9.90 Å². The van der Waals surface area contributed by atoms with Crippen molar-refractivity contribution in [1.82, 2.24) is 30.3 Å². The summed E-state index contributed by atoms with van der Waals surface area (Å²) in [6, 6.07) is 5.34. The molecule has 0 radical (unpaired) electrons. The predicted octanol–water partition coefficient (Wildman–Crippen LogP) is 1.68. The van der Waals surface area contributed by atoms with E-state index in [1.807, 2.05) is 12.1 Å². The highest BCUT2D eigenvalue weighted by atomic mass is 79.9. The van der Waals surface area contributed by atoms with E-state index in [-0.39, 0.29) is 17.4 Å². The Balaban J connectivity index is 1.49. The minimum absolute atomic E-state index is 0.207. The van der Waals surface area contributed by atoms with Crippen molar-refractivity contribution in [2.24, 2.45) is 0 Å². The van der Waals surface area contributed by atoms with Gasteiger partial charge in [0.1, 0.15) is 5.75 Å². The van der Waals surface area contributed by atoms with E-state index in [0.717, 1.165) is 11.3 Å². The summed E-state index contributed by atoms with van der Waals surface area (Å²) in [5, 5.41) is 20.2. The average molecular weight is 405 g/mol. The van der Waals surface area contributed by atoms with Crippen molar-refractivity contribution in [3.8, 4) is 5.75 Å². The van der Waals surface area contributed by atoms with Gasteiger partial charge < -0.3 is 15.4 Å². The number of aromatic nitrogens is 5. The minimum atomic E-state index is -0.252. The van der Waals surface area contributed by atoms with Crippen LogP contribution in [0, 0.1) is 0 Å². The SMILES string of the molecule is O=C(NCCc1cnc[nH]1)c1cn(CCc2ccc(O)c(Br)c2)nn1. The second-order valence-electron chi connectivity index (χ2n) is 5.49. The maximum atomic E-state index is 12.1. The number of benzene rings is 1. The van der Waals surface area contributed by atoms with Gasteiger partial charge in [0.15, 0.2) is 5.69 Å². The number of phenols is 1. The molecule has 3 rings (SSSR count). The number of carbonyl (C=O) groups excluding carboxylic acids is 1. The molecule has 2 heterocycles. The monoisotopic (exact) mass is 404 g/mol. The molecule has 0 saturated heterocycles. The highest BCUT2D eigenvalue weighted by Gasteiger charge is 2.10. The van der Waals surface area contributed by atoms with Crippen LogP contribution in [0.4, 0.5) is 0 Å². The quantitative estimate of drug-likeness (QED) is 0.554. The van der Waals surface area contributed by atoms with Crippen molar-refractivity contribution in [2.45, 2.75) is 19.4 Å². The number of nitrogens with zero attached hydrogens (tertiary/aromatic N) is 4. The summed E-state index contributed by atoms with van der Waals surface area (Å²) in [4.78, 5) is 19.0. The van der Waals surface area contributed by atoms with Gasteiger partial charge in [-0.25, -0.2) is 4.98 Å². The summed E-state index contributed by atoms with van der Waals surface area (Å²) < 4.78 is 2.28. The zero-order valence-corrected chi connectivity index (χ0v) is 14.9. The number of hydrogen-bond acceptors (Lipinski definition) is 5. The van der Waals surface area contributed by atoms with Gasteiger partial charge in [-0.2, -0.15) is 0 Å². The smallest absolute Gasteiger partial charge is 0.273 e. The Morgan fingerprint density at radius 1 is 1.36 bits per heavy atom. The lowest BCUT2D eigenvalue weighted by Crippen LogP contribution is -2.26. The van der Waals surface area contributed by atoms with Gasteiger partial charge in [-0.3, -0.25) is 9.48 Å². The first-order valence-corrected chi connectivity index (χ1v) is 8.54. The van der Waals surface area contributed by atoms with Crippen LogP contribution in [-0.4, -0.2) is 42.5 Å². The van der Waals surface area contributed by atoms with Gasteiger partial charge in [-0.1, -0.05) is 11.3 Å². The zero-order chi connectivity index (χ0) is 17.6. The number of aryl methyl sites for hydroxylation is 2. The molecule has 0 aliphatic carbocycles. The Labute approximate surface area is 152 Å². The molecule has 9 heteroatoms. The van der Waals surface area contributed by atoms with E-state index < -0.39 is 0 Å². The number of hydrogen-bond donors (Lipinski definition) is 3. The number of halogens is 1.